The molecule has 4 nitrogen and oxygen atoms in total. The number of hydrogen-bond donors (Lipinski definition) is 0. The first kappa shape index (κ1) is 18.1. The van der Waals surface area contributed by atoms with Gasteiger partial charge in [-0.25, -0.2) is 9.97 Å². The second-order valence-corrected chi connectivity index (χ2v) is 8.08. The van der Waals surface area contributed by atoms with Crippen molar-refractivity contribution in [1.29, 1.82) is 0 Å². The van der Waals surface area contributed by atoms with Crippen molar-refractivity contribution in [2.24, 2.45) is 0 Å². The van der Waals surface area contributed by atoms with Crippen LogP contribution in [0.5, 0.6) is 5.75 Å². The van der Waals surface area contributed by atoms with Crippen LogP contribution in [-0.4, -0.2) is 21.1 Å². The molecule has 0 aliphatic heterocycles. The average Bonchev–Trinajstić information content (AvgIpc) is 3.05. The van der Waals surface area contributed by atoms with Crippen LogP contribution in [0.3, 0.4) is 0 Å². The fourth-order valence-electron chi connectivity index (χ4n) is 3.84. The number of rotatable bonds is 5. The highest BCUT2D eigenvalue weighted by Gasteiger charge is 2.15. The summed E-state index contributed by atoms with van der Waals surface area (Å²) in [4.78, 5) is 9.89. The van der Waals surface area contributed by atoms with Gasteiger partial charge in [0.2, 0.25) is 0 Å². The zero-order valence-electron chi connectivity index (χ0n) is 16.1. The predicted molar refractivity (Wildman–Crippen MR) is 122 cm³/mol. The first-order valence-electron chi connectivity index (χ1n) is 9.73. The summed E-state index contributed by atoms with van der Waals surface area (Å²) in [6.07, 6.45) is 0.887. The Morgan fingerprint density at radius 3 is 2.45 bits per heavy atom. The van der Waals surface area contributed by atoms with Gasteiger partial charge in [-0.2, -0.15) is 0 Å². The van der Waals surface area contributed by atoms with Crippen molar-refractivity contribution in [3.63, 3.8) is 0 Å². The van der Waals surface area contributed by atoms with Crippen molar-refractivity contribution >= 4 is 49.0 Å². The van der Waals surface area contributed by atoms with Crippen molar-refractivity contribution in [2.45, 2.75) is 19.9 Å². The maximum Gasteiger partial charge on any atom is 0.160 e. The number of ether oxygens (including phenoxy) is 1. The molecule has 0 saturated heterocycles. The second-order valence-electron chi connectivity index (χ2n) is 7.16. The highest BCUT2D eigenvalue weighted by Crippen LogP contribution is 2.30. The molecule has 0 aliphatic rings. The Morgan fingerprint density at radius 1 is 0.897 bits per heavy atom. The molecule has 5 aromatic rings. The molecule has 5 rings (SSSR count). The second kappa shape index (κ2) is 7.48. The number of hydrogen-bond acceptors (Lipinski definition) is 3. The van der Waals surface area contributed by atoms with E-state index in [1.54, 1.807) is 0 Å². The van der Waals surface area contributed by atoms with E-state index in [4.69, 9.17) is 14.7 Å². The SMILES string of the molecule is Cc1cccc2c3nc4ccccc4nc3n(CCCOc3ccc(Br)cc3)c12. The number of aryl methyl sites for hydroxylation is 2. The Bertz CT molecular complexity index is 1330. The third-order valence-corrected chi connectivity index (χ3v) is 5.71. The van der Waals surface area contributed by atoms with E-state index in [-0.39, 0.29) is 0 Å². The lowest BCUT2D eigenvalue weighted by atomic mass is 10.1. The highest BCUT2D eigenvalue weighted by molar-refractivity contribution is 9.10. The Morgan fingerprint density at radius 2 is 1.66 bits per heavy atom. The molecule has 29 heavy (non-hydrogen) atoms. The van der Waals surface area contributed by atoms with E-state index in [1.807, 2.05) is 48.5 Å². The number of para-hydroxylation sites is 3. The van der Waals surface area contributed by atoms with Crippen LogP contribution in [0.4, 0.5) is 0 Å². The van der Waals surface area contributed by atoms with Crippen LogP contribution in [0, 0.1) is 6.92 Å². The van der Waals surface area contributed by atoms with Gasteiger partial charge in [-0.05, 0) is 55.3 Å². The summed E-state index contributed by atoms with van der Waals surface area (Å²) in [5.41, 5.74) is 6.21. The third-order valence-electron chi connectivity index (χ3n) is 5.18. The lowest BCUT2D eigenvalue weighted by Crippen LogP contribution is -2.06. The highest BCUT2D eigenvalue weighted by atomic mass is 79.9. The summed E-state index contributed by atoms with van der Waals surface area (Å²) >= 11 is 3.45. The molecule has 2 aromatic heterocycles. The summed E-state index contributed by atoms with van der Waals surface area (Å²) in [5.74, 6) is 0.886. The summed E-state index contributed by atoms with van der Waals surface area (Å²) < 4.78 is 9.26. The molecule has 2 heterocycles. The molecule has 0 amide bonds. The molecular formula is C24H20BrN3O. The number of benzene rings is 3. The first-order chi connectivity index (χ1) is 14.2. The fraction of sp³-hybridized carbons (Fsp3) is 0.167. The van der Waals surface area contributed by atoms with E-state index >= 15 is 0 Å². The van der Waals surface area contributed by atoms with Crippen molar-refractivity contribution < 1.29 is 4.74 Å². The average molecular weight is 446 g/mol. The van der Waals surface area contributed by atoms with Gasteiger partial charge in [0, 0.05) is 16.4 Å². The monoisotopic (exact) mass is 445 g/mol. The minimum absolute atomic E-state index is 0.649. The van der Waals surface area contributed by atoms with Crippen LogP contribution >= 0.6 is 15.9 Å². The van der Waals surface area contributed by atoms with Gasteiger partial charge in [0.15, 0.2) is 5.65 Å². The van der Waals surface area contributed by atoms with Gasteiger partial charge in [-0.1, -0.05) is 46.3 Å². The Balaban J connectivity index is 1.50. The zero-order chi connectivity index (χ0) is 19.8. The zero-order valence-corrected chi connectivity index (χ0v) is 17.7. The lowest BCUT2D eigenvalue weighted by Gasteiger charge is -2.10. The van der Waals surface area contributed by atoms with Gasteiger partial charge in [0.05, 0.1) is 23.2 Å². The summed E-state index contributed by atoms with van der Waals surface area (Å²) in [6, 6.07) is 22.4. The van der Waals surface area contributed by atoms with Gasteiger partial charge >= 0.3 is 0 Å². The standard InChI is InChI=1S/C24H20BrN3O/c1-16-6-4-7-19-22-24(27-21-9-3-2-8-20(21)26-22)28(23(16)19)14-5-15-29-18-12-10-17(25)11-13-18/h2-4,6-13H,5,14-15H2,1H3. The quantitative estimate of drug-likeness (QED) is 0.299. The fourth-order valence-corrected chi connectivity index (χ4v) is 4.10. The van der Waals surface area contributed by atoms with E-state index < -0.39 is 0 Å². The predicted octanol–water partition coefficient (Wildman–Crippen LogP) is 6.28. The van der Waals surface area contributed by atoms with Gasteiger partial charge < -0.3 is 9.30 Å². The van der Waals surface area contributed by atoms with E-state index in [0.717, 1.165) is 50.8 Å². The number of nitrogens with zero attached hydrogens (tertiary/aromatic N) is 3. The molecule has 0 spiro atoms. The van der Waals surface area contributed by atoms with Crippen LogP contribution in [0.2, 0.25) is 0 Å². The van der Waals surface area contributed by atoms with Crippen molar-refractivity contribution in [3.05, 3.63) is 76.8 Å². The minimum Gasteiger partial charge on any atom is -0.494 e. The van der Waals surface area contributed by atoms with Crippen molar-refractivity contribution in [1.82, 2.24) is 14.5 Å². The Kier molecular flexibility index (Phi) is 4.68. The molecule has 0 atom stereocenters. The largest absolute Gasteiger partial charge is 0.494 e. The molecule has 144 valence electrons. The van der Waals surface area contributed by atoms with Gasteiger partial charge in [0.1, 0.15) is 11.3 Å². The number of aromatic nitrogens is 3. The van der Waals surface area contributed by atoms with E-state index in [1.165, 1.54) is 11.1 Å². The van der Waals surface area contributed by atoms with Crippen LogP contribution < -0.4 is 4.74 Å². The topological polar surface area (TPSA) is 39.9 Å². The Hall–Kier alpha value is -2.92. The molecular weight excluding hydrogens is 426 g/mol. The van der Waals surface area contributed by atoms with E-state index in [9.17, 15) is 0 Å². The molecule has 0 fully saturated rings. The molecule has 0 radical (unpaired) electrons. The van der Waals surface area contributed by atoms with Gasteiger partial charge in [-0.15, -0.1) is 0 Å². The lowest BCUT2D eigenvalue weighted by molar-refractivity contribution is 0.303. The van der Waals surface area contributed by atoms with Crippen molar-refractivity contribution in [3.8, 4) is 5.75 Å². The summed E-state index contributed by atoms with van der Waals surface area (Å²) in [5, 5.41) is 1.16. The summed E-state index contributed by atoms with van der Waals surface area (Å²) in [6.45, 7) is 3.62. The number of halogens is 1. The maximum atomic E-state index is 5.91. The van der Waals surface area contributed by atoms with Crippen LogP contribution in [0.15, 0.2) is 71.2 Å². The molecule has 0 N–H and O–H groups in total. The minimum atomic E-state index is 0.649. The molecule has 0 unspecified atom stereocenters. The molecule has 3 aromatic carbocycles. The van der Waals surface area contributed by atoms with E-state index in [2.05, 4.69) is 45.6 Å². The normalized spacial score (nSPS) is 11.5. The van der Waals surface area contributed by atoms with Crippen LogP contribution in [0.25, 0.3) is 33.1 Å². The smallest absolute Gasteiger partial charge is 0.160 e. The molecule has 0 bridgehead atoms. The molecule has 5 heteroatoms. The summed E-state index contributed by atoms with van der Waals surface area (Å²) in [7, 11) is 0. The maximum absolute atomic E-state index is 5.91. The van der Waals surface area contributed by atoms with E-state index in [0.29, 0.717) is 6.61 Å². The van der Waals surface area contributed by atoms with Crippen LogP contribution in [0.1, 0.15) is 12.0 Å². The Labute approximate surface area is 177 Å². The number of fused-ring (bicyclic) bond motifs is 4. The molecule has 0 aliphatic carbocycles. The van der Waals surface area contributed by atoms with Crippen molar-refractivity contribution in [2.75, 3.05) is 6.61 Å². The van der Waals surface area contributed by atoms with Gasteiger partial charge in [-0.3, -0.25) is 0 Å². The first-order valence-corrected chi connectivity index (χ1v) is 10.5. The third kappa shape index (κ3) is 3.36. The van der Waals surface area contributed by atoms with Gasteiger partial charge in [0.25, 0.3) is 0 Å². The van der Waals surface area contributed by atoms with Crippen LogP contribution in [-0.2, 0) is 6.54 Å². The molecule has 0 saturated carbocycles.